The number of carbonyl (C=O) groups excluding carboxylic acids is 1. The number of halogens is 2. The van der Waals surface area contributed by atoms with Crippen LogP contribution in [0.5, 0.6) is 5.75 Å². The zero-order valence-corrected chi connectivity index (χ0v) is 8.83. The second kappa shape index (κ2) is 4.87. The standard InChI is InChI=1S/C10H11F2NO3/c1-5-6(4-8(15)16-2)3-7(14)9(13-5)10(11)12/h3,10,14H,4H2,1-2H3. The number of nitrogens with zero attached hydrogens (tertiary/aromatic N) is 1. The lowest BCUT2D eigenvalue weighted by molar-refractivity contribution is -0.139. The Morgan fingerprint density at radius 2 is 2.25 bits per heavy atom. The summed E-state index contributed by atoms with van der Waals surface area (Å²) in [5.41, 5.74) is -0.0293. The lowest BCUT2D eigenvalue weighted by Gasteiger charge is -2.08. The number of ether oxygens (including phenoxy) is 1. The number of aryl methyl sites for hydroxylation is 1. The molecule has 0 aliphatic heterocycles. The van der Waals surface area contributed by atoms with E-state index in [0.717, 1.165) is 6.07 Å². The summed E-state index contributed by atoms with van der Waals surface area (Å²) in [5, 5.41) is 9.28. The second-order valence-corrected chi connectivity index (χ2v) is 3.19. The minimum Gasteiger partial charge on any atom is -0.506 e. The summed E-state index contributed by atoms with van der Waals surface area (Å²) >= 11 is 0. The average Bonchev–Trinajstić information content (AvgIpc) is 2.22. The van der Waals surface area contributed by atoms with E-state index in [2.05, 4.69) is 9.72 Å². The van der Waals surface area contributed by atoms with Crippen molar-refractivity contribution < 1.29 is 23.4 Å². The fraction of sp³-hybridized carbons (Fsp3) is 0.400. The first-order valence-corrected chi connectivity index (χ1v) is 4.50. The lowest BCUT2D eigenvalue weighted by Crippen LogP contribution is -2.07. The number of carbonyl (C=O) groups is 1. The summed E-state index contributed by atoms with van der Waals surface area (Å²) in [4.78, 5) is 14.5. The third kappa shape index (κ3) is 2.65. The van der Waals surface area contributed by atoms with Crippen LogP contribution in [0, 0.1) is 6.92 Å². The van der Waals surface area contributed by atoms with Gasteiger partial charge in [-0.05, 0) is 18.6 Å². The van der Waals surface area contributed by atoms with Crippen molar-refractivity contribution >= 4 is 5.97 Å². The molecule has 0 aliphatic carbocycles. The fourth-order valence-corrected chi connectivity index (χ4v) is 1.22. The Hall–Kier alpha value is -1.72. The number of methoxy groups -OCH3 is 1. The summed E-state index contributed by atoms with van der Waals surface area (Å²) in [6.45, 7) is 1.49. The van der Waals surface area contributed by atoms with E-state index in [9.17, 15) is 18.7 Å². The third-order valence-electron chi connectivity index (χ3n) is 2.10. The maximum Gasteiger partial charge on any atom is 0.310 e. The van der Waals surface area contributed by atoms with Crippen molar-refractivity contribution in [2.45, 2.75) is 19.8 Å². The SMILES string of the molecule is COC(=O)Cc1cc(O)c(C(F)F)nc1C. The molecule has 0 unspecified atom stereocenters. The van der Waals surface area contributed by atoms with E-state index in [1.54, 1.807) is 0 Å². The van der Waals surface area contributed by atoms with Crippen molar-refractivity contribution in [2.24, 2.45) is 0 Å². The molecule has 16 heavy (non-hydrogen) atoms. The molecule has 0 atom stereocenters. The van der Waals surface area contributed by atoms with Crippen LogP contribution in [0.4, 0.5) is 8.78 Å². The molecule has 0 aromatic carbocycles. The molecule has 1 aromatic rings. The van der Waals surface area contributed by atoms with Crippen molar-refractivity contribution in [1.29, 1.82) is 0 Å². The van der Waals surface area contributed by atoms with Crippen LogP contribution in [0.25, 0.3) is 0 Å². The highest BCUT2D eigenvalue weighted by Crippen LogP contribution is 2.28. The second-order valence-electron chi connectivity index (χ2n) is 3.19. The lowest BCUT2D eigenvalue weighted by atomic mass is 10.1. The van der Waals surface area contributed by atoms with Gasteiger partial charge in [-0.1, -0.05) is 0 Å². The van der Waals surface area contributed by atoms with Gasteiger partial charge >= 0.3 is 5.97 Å². The third-order valence-corrected chi connectivity index (χ3v) is 2.10. The molecule has 6 heteroatoms. The van der Waals surface area contributed by atoms with Gasteiger partial charge in [0.15, 0.2) is 0 Å². The summed E-state index contributed by atoms with van der Waals surface area (Å²) in [6, 6.07) is 1.11. The van der Waals surface area contributed by atoms with Gasteiger partial charge in [0.2, 0.25) is 0 Å². The van der Waals surface area contributed by atoms with Gasteiger partial charge in [0, 0.05) is 5.69 Å². The quantitative estimate of drug-likeness (QED) is 0.805. The van der Waals surface area contributed by atoms with E-state index < -0.39 is 23.8 Å². The monoisotopic (exact) mass is 231 g/mol. The topological polar surface area (TPSA) is 59.4 Å². The molecule has 0 saturated carbocycles. The van der Waals surface area contributed by atoms with Crippen LogP contribution in [0.1, 0.15) is 23.4 Å². The largest absolute Gasteiger partial charge is 0.506 e. The number of hydrogen-bond donors (Lipinski definition) is 1. The molecule has 0 bridgehead atoms. The molecule has 0 radical (unpaired) electrons. The Balaban J connectivity index is 3.05. The minimum absolute atomic E-state index is 0.105. The Morgan fingerprint density at radius 3 is 2.75 bits per heavy atom. The first-order valence-electron chi connectivity index (χ1n) is 4.50. The first-order chi connectivity index (χ1) is 7.45. The first kappa shape index (κ1) is 12.4. The van der Waals surface area contributed by atoms with E-state index in [0.29, 0.717) is 5.56 Å². The molecule has 0 saturated heterocycles. The predicted molar refractivity (Wildman–Crippen MR) is 51.3 cm³/mol. The highest BCUT2D eigenvalue weighted by atomic mass is 19.3. The summed E-state index contributed by atoms with van der Waals surface area (Å²) in [7, 11) is 1.22. The van der Waals surface area contributed by atoms with Gasteiger partial charge in [-0.15, -0.1) is 0 Å². The van der Waals surface area contributed by atoms with Gasteiger partial charge < -0.3 is 9.84 Å². The van der Waals surface area contributed by atoms with Crippen LogP contribution in [0.3, 0.4) is 0 Å². The molecule has 0 aliphatic rings. The van der Waals surface area contributed by atoms with Crippen LogP contribution >= 0.6 is 0 Å². The van der Waals surface area contributed by atoms with Crippen molar-refractivity contribution in [3.63, 3.8) is 0 Å². The number of aromatic hydroxyl groups is 1. The molecular weight excluding hydrogens is 220 g/mol. The maximum absolute atomic E-state index is 12.4. The van der Waals surface area contributed by atoms with Crippen LogP contribution in [0.15, 0.2) is 6.07 Å². The highest BCUT2D eigenvalue weighted by molar-refractivity contribution is 5.72. The van der Waals surface area contributed by atoms with E-state index in [4.69, 9.17) is 0 Å². The van der Waals surface area contributed by atoms with E-state index >= 15 is 0 Å². The number of pyridine rings is 1. The van der Waals surface area contributed by atoms with Gasteiger partial charge in [-0.3, -0.25) is 4.79 Å². The number of esters is 1. The zero-order valence-electron chi connectivity index (χ0n) is 8.83. The van der Waals surface area contributed by atoms with Gasteiger partial charge in [0.25, 0.3) is 6.43 Å². The van der Waals surface area contributed by atoms with Gasteiger partial charge in [0.05, 0.1) is 13.5 Å². The smallest absolute Gasteiger partial charge is 0.310 e. The van der Waals surface area contributed by atoms with E-state index in [1.807, 2.05) is 0 Å². The van der Waals surface area contributed by atoms with Crippen molar-refractivity contribution in [3.8, 4) is 5.75 Å². The van der Waals surface area contributed by atoms with E-state index in [-0.39, 0.29) is 12.1 Å². The van der Waals surface area contributed by atoms with E-state index in [1.165, 1.54) is 14.0 Å². The number of alkyl halides is 2. The Kier molecular flexibility index (Phi) is 3.76. The van der Waals surface area contributed by atoms with Crippen LogP contribution in [-0.2, 0) is 16.0 Å². The molecule has 1 rings (SSSR count). The molecular formula is C10H11F2NO3. The molecule has 1 heterocycles. The Morgan fingerprint density at radius 1 is 1.62 bits per heavy atom. The molecule has 0 spiro atoms. The zero-order chi connectivity index (χ0) is 12.3. The molecule has 1 aromatic heterocycles. The van der Waals surface area contributed by atoms with Crippen LogP contribution < -0.4 is 0 Å². The minimum atomic E-state index is -2.84. The van der Waals surface area contributed by atoms with Gasteiger partial charge in [0.1, 0.15) is 11.4 Å². The number of aromatic nitrogens is 1. The van der Waals surface area contributed by atoms with Gasteiger partial charge in [-0.2, -0.15) is 0 Å². The van der Waals surface area contributed by atoms with Crippen LogP contribution in [-0.4, -0.2) is 23.2 Å². The van der Waals surface area contributed by atoms with Crippen molar-refractivity contribution in [2.75, 3.05) is 7.11 Å². The Bertz CT molecular complexity index is 407. The molecule has 4 nitrogen and oxygen atoms in total. The van der Waals surface area contributed by atoms with Crippen molar-refractivity contribution in [1.82, 2.24) is 4.98 Å². The molecule has 0 fully saturated rings. The molecule has 0 amide bonds. The normalized spacial score (nSPS) is 10.6. The average molecular weight is 231 g/mol. The number of hydrogen-bond acceptors (Lipinski definition) is 4. The van der Waals surface area contributed by atoms with Crippen LogP contribution in [0.2, 0.25) is 0 Å². The van der Waals surface area contributed by atoms with Crippen molar-refractivity contribution in [3.05, 3.63) is 23.0 Å². The van der Waals surface area contributed by atoms with Gasteiger partial charge in [-0.25, -0.2) is 13.8 Å². The summed E-state index contributed by atoms with van der Waals surface area (Å²) in [6.07, 6.45) is -2.95. The molecule has 1 N–H and O–H groups in total. The maximum atomic E-state index is 12.4. The highest BCUT2D eigenvalue weighted by Gasteiger charge is 2.18. The summed E-state index contributed by atoms with van der Waals surface area (Å²) < 4.78 is 29.1. The number of rotatable bonds is 3. The predicted octanol–water partition coefficient (Wildman–Crippen LogP) is 1.75. The summed E-state index contributed by atoms with van der Waals surface area (Å²) in [5.74, 6) is -1.13. The molecule has 88 valence electrons. The fourth-order valence-electron chi connectivity index (χ4n) is 1.22. The Labute approximate surface area is 90.9 Å².